The summed E-state index contributed by atoms with van der Waals surface area (Å²) in [6.07, 6.45) is 21.3. The maximum atomic E-state index is 14.4. The summed E-state index contributed by atoms with van der Waals surface area (Å²) in [4.78, 5) is 49.3. The fraction of sp³-hybridized carbons (Fsp3) is 0.339. The number of alkyl halides is 3. The predicted molar refractivity (Wildman–Crippen MR) is 513 cm³/mol. The van der Waals surface area contributed by atoms with Gasteiger partial charge in [-0.1, -0.05) is 27.7 Å². The van der Waals surface area contributed by atoms with Crippen molar-refractivity contribution in [3.63, 3.8) is 0 Å². The Morgan fingerprint density at radius 3 is 0.671 bits per heavy atom. The fourth-order valence-corrected chi connectivity index (χ4v) is 23.9. The van der Waals surface area contributed by atoms with E-state index in [1.165, 1.54) is 181 Å². The maximum Gasteiger partial charge on any atom is 0.573 e. The second-order valence-corrected chi connectivity index (χ2v) is 39.3. The van der Waals surface area contributed by atoms with E-state index in [1.54, 1.807) is 61.1 Å². The van der Waals surface area contributed by atoms with Crippen molar-refractivity contribution in [2.24, 2.45) is 71.0 Å². The second kappa shape index (κ2) is 38.1. The summed E-state index contributed by atoms with van der Waals surface area (Å²) < 4.78 is 196. The first-order valence-corrected chi connectivity index (χ1v) is 48.2. The molecule has 0 saturated heterocycles. The van der Waals surface area contributed by atoms with Crippen LogP contribution in [0.4, 0.5) is 84.7 Å². The van der Waals surface area contributed by atoms with Gasteiger partial charge in [-0.2, -0.15) is 0 Å². The minimum absolute atomic E-state index is 0.136. The van der Waals surface area contributed by atoms with Gasteiger partial charge in [0.25, 0.3) is 0 Å². The lowest BCUT2D eigenvalue weighted by Gasteiger charge is -2.47. The first kappa shape index (κ1) is 92.6. The van der Waals surface area contributed by atoms with Gasteiger partial charge in [-0.15, -0.1) is 13.2 Å². The van der Waals surface area contributed by atoms with Crippen molar-refractivity contribution in [1.29, 1.82) is 0 Å². The molecule has 720 valence electrons. The lowest BCUT2D eigenvalue weighted by atomic mass is 9.62. The number of nitrogens with one attached hydrogen (secondary N) is 8. The molecular weight excluding hydrogens is 1820 g/mol. The van der Waals surface area contributed by atoms with E-state index in [0.717, 1.165) is 71.6 Å². The van der Waals surface area contributed by atoms with E-state index in [2.05, 4.69) is 78.6 Å². The summed E-state index contributed by atoms with van der Waals surface area (Å²) in [5.74, 6) is 4.31. The predicted octanol–water partition coefficient (Wildman–Crippen LogP) is 28.5. The van der Waals surface area contributed by atoms with Crippen molar-refractivity contribution in [2.45, 2.75) is 161 Å². The first-order valence-electron chi connectivity index (χ1n) is 48.2. The van der Waals surface area contributed by atoms with Gasteiger partial charge in [0.05, 0.1) is 44.8 Å². The van der Waals surface area contributed by atoms with E-state index in [-0.39, 0.29) is 57.1 Å². The average Bonchev–Trinajstić information content (AvgIpc) is 1.23. The number of rotatable bonds is 17. The molecular formula is C109H100F14N16O. The number of anilines is 4. The Hall–Kier alpha value is -13.7. The Labute approximate surface area is 796 Å². The van der Waals surface area contributed by atoms with Crippen molar-refractivity contribution in [1.82, 2.24) is 59.8 Å². The van der Waals surface area contributed by atoms with Gasteiger partial charge in [-0.25, -0.2) is 88.2 Å². The average molecular weight is 1920 g/mol. The van der Waals surface area contributed by atoms with Gasteiger partial charge in [-0.3, -0.25) is 0 Å². The number of halogens is 14. The van der Waals surface area contributed by atoms with Crippen molar-refractivity contribution in [3.05, 3.63) is 259 Å². The number of hydrogen-bond donors (Lipinski definition) is 8. The summed E-state index contributed by atoms with van der Waals surface area (Å²) >= 11 is 0. The highest BCUT2D eigenvalue weighted by atomic mass is 19.4. The van der Waals surface area contributed by atoms with Gasteiger partial charge in [-0.05, 0) is 295 Å². The van der Waals surface area contributed by atoms with E-state index in [9.17, 15) is 61.5 Å². The number of fused-ring (bicyclic) bond motifs is 16. The summed E-state index contributed by atoms with van der Waals surface area (Å²) in [6, 6.07) is 40.8. The highest BCUT2D eigenvalue weighted by Crippen LogP contribution is 2.52. The van der Waals surface area contributed by atoms with Crippen LogP contribution in [0.5, 0.6) is 5.75 Å². The van der Waals surface area contributed by atoms with E-state index < -0.39 is 52.9 Å². The molecule has 140 heavy (non-hydrogen) atoms. The van der Waals surface area contributed by atoms with Crippen LogP contribution >= 0.6 is 0 Å². The minimum atomic E-state index is -4.79. The summed E-state index contributed by atoms with van der Waals surface area (Å²) in [6.45, 7) is 9.17. The highest BCUT2D eigenvalue weighted by molar-refractivity contribution is 5.98. The lowest BCUT2D eigenvalue weighted by molar-refractivity contribution is -0.274. The Kier molecular flexibility index (Phi) is 25.2. The molecule has 8 atom stereocenters. The van der Waals surface area contributed by atoms with Crippen molar-refractivity contribution < 1.29 is 66.2 Å². The molecule has 28 rings (SSSR count). The molecule has 12 aliphatic carbocycles. The molecule has 8 bridgehead atoms. The molecule has 17 nitrogen and oxygen atoms in total. The van der Waals surface area contributed by atoms with E-state index in [1.807, 2.05) is 18.2 Å². The van der Waals surface area contributed by atoms with Gasteiger partial charge in [0, 0.05) is 164 Å². The summed E-state index contributed by atoms with van der Waals surface area (Å²) in [7, 11) is 0. The molecule has 8 aromatic heterocycles. The van der Waals surface area contributed by atoms with Crippen LogP contribution in [0.1, 0.15) is 130 Å². The van der Waals surface area contributed by atoms with E-state index >= 15 is 0 Å². The van der Waals surface area contributed by atoms with Gasteiger partial charge in [0.15, 0.2) is 23.3 Å². The fourth-order valence-electron chi connectivity index (χ4n) is 23.9. The third-order valence-electron chi connectivity index (χ3n) is 31.3. The van der Waals surface area contributed by atoms with Crippen LogP contribution in [0.25, 0.3) is 134 Å². The molecule has 8 N–H and O–H groups in total. The number of nitrogens with zero attached hydrogens (tertiary/aromatic N) is 8. The molecule has 12 saturated carbocycles. The number of ether oxygens (including phenoxy) is 1. The van der Waals surface area contributed by atoms with Gasteiger partial charge >= 0.3 is 6.36 Å². The third-order valence-corrected chi connectivity index (χ3v) is 31.3. The van der Waals surface area contributed by atoms with Gasteiger partial charge < -0.3 is 45.9 Å². The Morgan fingerprint density at radius 2 is 0.464 bits per heavy atom. The number of aromatic amines is 4. The largest absolute Gasteiger partial charge is 0.573 e. The van der Waals surface area contributed by atoms with Gasteiger partial charge in [0.2, 0.25) is 0 Å². The molecule has 16 aromatic rings. The number of H-pyrrole nitrogens is 4. The molecule has 4 unspecified atom stereocenters. The standard InChI is InChI=1S/C28H25F5N4O.3C27H25F3N4/c1-14-15-2-4-17(5-3-15)25(14)36-24-12-23(16-6-8-19(9-7-16)38-28(31,32)33)35-27(37-24)21-13-34-26-20(21)10-18(29)11-22(26)30;3*1-14-15-2-4-17(5-3-15)25(14)33-24-12-23(16-6-8-18(28)9-7-16)32-27(34-24)21-13-31-26-20(21)10-19(29)11-22(26)30/h6-15,17,25,34H,2-5H2,1H3,(H,35,36,37);3*6-15,17,25,31H,2-5H2,1H3,(H,32,33,34)/t;2*14-,15?,17?,25+;/m.10./s1. The summed E-state index contributed by atoms with van der Waals surface area (Å²) in [5.41, 5.74) is 7.78. The molecule has 0 spiro atoms. The molecule has 31 heteroatoms. The topological polar surface area (TPSA) is 224 Å². The quantitative estimate of drug-likeness (QED) is 0.0398. The Bertz CT molecular complexity index is 6750. The van der Waals surface area contributed by atoms with Crippen molar-refractivity contribution in [3.8, 4) is 96.3 Å². The molecule has 8 heterocycles. The number of benzene rings is 8. The van der Waals surface area contributed by atoms with Crippen LogP contribution in [0.3, 0.4) is 0 Å². The zero-order chi connectivity index (χ0) is 96.8. The third kappa shape index (κ3) is 19.0. The Morgan fingerprint density at radius 1 is 0.257 bits per heavy atom. The molecule has 0 aliphatic heterocycles. The smallest absolute Gasteiger partial charge is 0.406 e. The number of aromatic nitrogens is 12. The first-order chi connectivity index (χ1) is 67.5. The second-order valence-electron chi connectivity index (χ2n) is 39.3. The Balaban J connectivity index is 0.000000111. The van der Waals surface area contributed by atoms with Crippen LogP contribution in [0.2, 0.25) is 0 Å². The molecule has 12 aliphatic rings. The zero-order valence-corrected chi connectivity index (χ0v) is 76.8. The monoisotopic (exact) mass is 1910 g/mol. The lowest BCUT2D eigenvalue weighted by Crippen LogP contribution is -2.47. The zero-order valence-electron chi connectivity index (χ0n) is 76.8. The molecule has 8 aromatic carbocycles. The minimum Gasteiger partial charge on any atom is -0.406 e. The highest BCUT2D eigenvalue weighted by Gasteiger charge is 2.46. The molecule has 12 fully saturated rings. The molecule has 0 radical (unpaired) electrons. The molecule has 0 amide bonds. The van der Waals surface area contributed by atoms with Crippen LogP contribution in [-0.2, 0) is 0 Å². The van der Waals surface area contributed by atoms with Crippen molar-refractivity contribution >= 4 is 66.9 Å². The summed E-state index contributed by atoms with van der Waals surface area (Å²) in [5, 5.41) is 16.1. The van der Waals surface area contributed by atoms with E-state index in [0.29, 0.717) is 184 Å². The SMILES string of the molecule is CC1C2CCC(CC2)C1Nc1cc(-c2ccc(F)cc2)nc(-c2c[nH]c3c(F)cc(F)cc23)n1.CC1C2CCC(CC2)C1Nc1cc(-c2ccc(OC(F)(F)F)cc2)nc(-c2c[nH]c3c(F)cc(F)cc23)n1.C[C@@H]1C2CCC(CC2)[C@H]1Nc1cc(-c2ccc(F)cc2)nc(-c2c[nH]c3c(F)cc(F)cc23)n1.C[C@H]1C2CCC(CC2)[C@@H]1Nc1cc(-c2ccc(F)cc2)nc(-c2c[nH]c3c(F)cc(F)cc23)n1. The van der Waals surface area contributed by atoms with E-state index in [4.69, 9.17) is 34.9 Å². The van der Waals surface area contributed by atoms with Crippen LogP contribution in [-0.4, -0.2) is 90.3 Å². The van der Waals surface area contributed by atoms with Crippen molar-refractivity contribution in [2.75, 3.05) is 21.3 Å². The van der Waals surface area contributed by atoms with Crippen LogP contribution < -0.4 is 26.0 Å². The van der Waals surface area contributed by atoms with Crippen LogP contribution in [0, 0.1) is 135 Å². The van der Waals surface area contributed by atoms with Gasteiger partial charge in [0.1, 0.15) is 93.0 Å². The maximum absolute atomic E-state index is 14.4. The normalized spacial score (nSPS) is 23.8. The van der Waals surface area contributed by atoms with Crippen LogP contribution in [0.15, 0.2) is 195 Å². The number of hydrogen-bond acceptors (Lipinski definition) is 13.